The zero-order chi connectivity index (χ0) is 22.2. The van der Waals surface area contributed by atoms with Crippen molar-refractivity contribution in [2.24, 2.45) is 17.8 Å². The largest absolute Gasteiger partial charge is 0.362 e. The number of anilines is 2. The highest BCUT2D eigenvalue weighted by molar-refractivity contribution is 7.89. The molecule has 2 bridgehead atoms. The van der Waals surface area contributed by atoms with E-state index in [4.69, 9.17) is 0 Å². The van der Waals surface area contributed by atoms with Crippen LogP contribution in [0.2, 0.25) is 0 Å². The van der Waals surface area contributed by atoms with E-state index in [9.17, 15) is 13.2 Å². The molecule has 2 aliphatic rings. The van der Waals surface area contributed by atoms with Crippen LogP contribution in [0.1, 0.15) is 43.0 Å². The van der Waals surface area contributed by atoms with Crippen molar-refractivity contribution in [3.05, 3.63) is 48.2 Å². The average molecular weight is 443 g/mol. The van der Waals surface area contributed by atoms with Gasteiger partial charge in [0, 0.05) is 32.0 Å². The van der Waals surface area contributed by atoms with Crippen LogP contribution < -0.4 is 14.9 Å². The first kappa shape index (κ1) is 21.8. The third-order valence-electron chi connectivity index (χ3n) is 6.65. The lowest BCUT2D eigenvalue weighted by atomic mass is 9.84. The summed E-state index contributed by atoms with van der Waals surface area (Å²) >= 11 is 0. The van der Waals surface area contributed by atoms with Gasteiger partial charge in [-0.15, -0.1) is 0 Å². The van der Waals surface area contributed by atoms with Crippen molar-refractivity contribution in [3.63, 3.8) is 0 Å². The summed E-state index contributed by atoms with van der Waals surface area (Å²) in [7, 11) is 0.0373. The molecule has 4 unspecified atom stereocenters. The molecule has 166 valence electrons. The summed E-state index contributed by atoms with van der Waals surface area (Å²) in [5.74, 6) is 2.13. The summed E-state index contributed by atoms with van der Waals surface area (Å²) < 4.78 is 28.6. The highest BCUT2D eigenvalue weighted by Gasteiger charge is 2.42. The highest BCUT2D eigenvalue weighted by atomic mass is 32.2. The van der Waals surface area contributed by atoms with Crippen LogP contribution in [-0.4, -0.2) is 39.4 Å². The number of benzene rings is 1. The number of hydrogen-bond donors (Lipinski definition) is 2. The molecule has 1 amide bonds. The van der Waals surface area contributed by atoms with Gasteiger partial charge in [-0.3, -0.25) is 4.79 Å². The van der Waals surface area contributed by atoms with Crippen LogP contribution in [0.4, 0.5) is 11.5 Å². The Kier molecular flexibility index (Phi) is 6.03. The van der Waals surface area contributed by atoms with E-state index in [1.807, 2.05) is 21.0 Å². The lowest BCUT2D eigenvalue weighted by molar-refractivity contribution is 0.102. The minimum absolute atomic E-state index is 0.0743. The van der Waals surface area contributed by atoms with Crippen molar-refractivity contribution in [1.29, 1.82) is 0 Å². The molecular weight excluding hydrogens is 412 g/mol. The smallest absolute Gasteiger partial charge is 0.259 e. The number of carbonyl (C=O) groups excluding carboxylic acids is 1. The maximum atomic E-state index is 12.9. The van der Waals surface area contributed by atoms with Crippen molar-refractivity contribution < 1.29 is 13.2 Å². The Bertz CT molecular complexity index is 1050. The van der Waals surface area contributed by atoms with Gasteiger partial charge in [0.25, 0.3) is 5.91 Å². The Labute approximate surface area is 184 Å². The van der Waals surface area contributed by atoms with Crippen LogP contribution in [0.5, 0.6) is 0 Å². The van der Waals surface area contributed by atoms with Gasteiger partial charge in [-0.05, 0) is 80.3 Å². The van der Waals surface area contributed by atoms with E-state index in [-0.39, 0.29) is 16.8 Å². The van der Waals surface area contributed by atoms with Crippen molar-refractivity contribution in [1.82, 2.24) is 9.71 Å². The minimum Gasteiger partial charge on any atom is -0.362 e. The summed E-state index contributed by atoms with van der Waals surface area (Å²) in [6, 6.07) is 9.62. The molecule has 2 fully saturated rings. The Morgan fingerprint density at radius 3 is 2.48 bits per heavy atom. The summed E-state index contributed by atoms with van der Waals surface area (Å²) in [6.45, 7) is 1.98. The molecule has 2 N–H and O–H groups in total. The number of rotatable bonds is 7. The lowest BCUT2D eigenvalue weighted by Crippen LogP contribution is -2.40. The lowest BCUT2D eigenvalue weighted by Gasteiger charge is -2.28. The summed E-state index contributed by atoms with van der Waals surface area (Å²) in [6.07, 6.45) is 6.53. The van der Waals surface area contributed by atoms with Crippen LogP contribution in [0, 0.1) is 17.8 Å². The van der Waals surface area contributed by atoms with Crippen LogP contribution >= 0.6 is 0 Å². The van der Waals surface area contributed by atoms with E-state index in [2.05, 4.69) is 15.0 Å². The molecule has 31 heavy (non-hydrogen) atoms. The van der Waals surface area contributed by atoms with Crippen LogP contribution in [0.15, 0.2) is 47.5 Å². The first-order chi connectivity index (χ1) is 14.7. The molecular formula is C23H30N4O3S. The Morgan fingerprint density at radius 1 is 1.13 bits per heavy atom. The SMILES string of the molecule is CC(NS(=O)(=O)c1ccc(NC(=O)c2cccnc2N(C)C)cc1)C1CC2CCC1C2. The Hall–Kier alpha value is -2.45. The highest BCUT2D eigenvalue weighted by Crippen LogP contribution is 2.49. The number of aromatic nitrogens is 1. The van der Waals surface area contributed by atoms with E-state index in [0.717, 1.165) is 12.3 Å². The fourth-order valence-corrected chi connectivity index (χ4v) is 6.45. The minimum atomic E-state index is -3.61. The van der Waals surface area contributed by atoms with Crippen molar-refractivity contribution >= 4 is 27.4 Å². The molecule has 7 nitrogen and oxygen atoms in total. The second-order valence-electron chi connectivity index (χ2n) is 9.00. The van der Waals surface area contributed by atoms with Gasteiger partial charge >= 0.3 is 0 Å². The third-order valence-corrected chi connectivity index (χ3v) is 8.23. The van der Waals surface area contributed by atoms with Crippen LogP contribution in [0.3, 0.4) is 0 Å². The molecule has 4 atom stereocenters. The molecule has 2 aromatic rings. The second kappa shape index (κ2) is 8.59. The Balaban J connectivity index is 1.42. The van der Waals surface area contributed by atoms with Crippen LogP contribution in [0.25, 0.3) is 0 Å². The van der Waals surface area contributed by atoms with Gasteiger partial charge in [0.05, 0.1) is 10.5 Å². The molecule has 0 radical (unpaired) electrons. The fourth-order valence-electron chi connectivity index (χ4n) is 5.15. The molecule has 2 saturated carbocycles. The first-order valence-electron chi connectivity index (χ1n) is 10.8. The molecule has 1 aromatic heterocycles. The number of fused-ring (bicyclic) bond motifs is 2. The van der Waals surface area contributed by atoms with Crippen molar-refractivity contribution in [2.45, 2.75) is 43.5 Å². The van der Waals surface area contributed by atoms with Gasteiger partial charge in [0.1, 0.15) is 5.82 Å². The second-order valence-corrected chi connectivity index (χ2v) is 10.7. The average Bonchev–Trinajstić information content (AvgIpc) is 3.37. The van der Waals surface area contributed by atoms with Gasteiger partial charge in [-0.25, -0.2) is 18.1 Å². The molecule has 1 heterocycles. The summed E-state index contributed by atoms with van der Waals surface area (Å²) in [4.78, 5) is 18.9. The van der Waals surface area contributed by atoms with Crippen LogP contribution in [-0.2, 0) is 10.0 Å². The van der Waals surface area contributed by atoms with Gasteiger partial charge in [0.2, 0.25) is 10.0 Å². The first-order valence-corrected chi connectivity index (χ1v) is 12.3. The molecule has 2 aliphatic carbocycles. The number of hydrogen-bond acceptors (Lipinski definition) is 5. The van der Waals surface area contributed by atoms with E-state index in [1.165, 1.54) is 31.4 Å². The molecule has 1 aromatic carbocycles. The topological polar surface area (TPSA) is 91.4 Å². The van der Waals surface area contributed by atoms with Crippen molar-refractivity contribution in [2.75, 3.05) is 24.3 Å². The maximum Gasteiger partial charge on any atom is 0.259 e. The summed E-state index contributed by atoms with van der Waals surface area (Å²) in [5.41, 5.74) is 0.976. The van der Waals surface area contributed by atoms with Gasteiger partial charge in [0.15, 0.2) is 0 Å². The number of nitrogens with zero attached hydrogens (tertiary/aromatic N) is 2. The number of carbonyl (C=O) groups is 1. The van der Waals surface area contributed by atoms with Gasteiger partial charge in [-0.1, -0.05) is 6.42 Å². The summed E-state index contributed by atoms with van der Waals surface area (Å²) in [5, 5.41) is 2.82. The van der Waals surface area contributed by atoms with Gasteiger partial charge < -0.3 is 10.2 Å². The number of sulfonamides is 1. The number of nitrogens with one attached hydrogen (secondary N) is 2. The van der Waals surface area contributed by atoms with Crippen molar-refractivity contribution in [3.8, 4) is 0 Å². The van der Waals surface area contributed by atoms with Gasteiger partial charge in [-0.2, -0.15) is 0 Å². The molecule has 4 rings (SSSR count). The third kappa shape index (κ3) is 4.60. The normalized spacial score (nSPS) is 23.5. The molecule has 0 aliphatic heterocycles. The van der Waals surface area contributed by atoms with E-state index in [1.54, 1.807) is 35.4 Å². The number of amides is 1. The zero-order valence-corrected chi connectivity index (χ0v) is 19.0. The van der Waals surface area contributed by atoms with E-state index in [0.29, 0.717) is 28.9 Å². The Morgan fingerprint density at radius 2 is 1.87 bits per heavy atom. The maximum absolute atomic E-state index is 12.9. The predicted octanol–water partition coefficient (Wildman–Crippen LogP) is 3.50. The quantitative estimate of drug-likeness (QED) is 0.685. The molecule has 8 heteroatoms. The van der Waals surface area contributed by atoms with E-state index >= 15 is 0 Å². The monoisotopic (exact) mass is 442 g/mol. The fraction of sp³-hybridized carbons (Fsp3) is 0.478. The standard InChI is InChI=1S/C23H30N4O3S/c1-15(21-14-16-6-7-17(21)13-16)26-31(29,30)19-10-8-18(9-11-19)25-23(28)20-5-4-12-24-22(20)27(2)3/h4-5,8-12,15-17,21,26H,6-7,13-14H2,1-3H3,(H,25,28). The predicted molar refractivity (Wildman–Crippen MR) is 122 cm³/mol. The number of pyridine rings is 1. The van der Waals surface area contributed by atoms with E-state index < -0.39 is 10.0 Å². The molecule has 0 spiro atoms. The molecule has 0 saturated heterocycles. The zero-order valence-electron chi connectivity index (χ0n) is 18.2.